The number of carbonyl (C=O) groups is 1. The van der Waals surface area contributed by atoms with Gasteiger partial charge < -0.3 is 5.11 Å². The van der Waals surface area contributed by atoms with Crippen molar-refractivity contribution in [3.05, 3.63) is 30.9 Å². The van der Waals surface area contributed by atoms with E-state index in [9.17, 15) is 4.79 Å². The molecule has 0 amide bonds. The number of hydrogen-bond donors (Lipinski definition) is 1. The number of hydrogen-bond acceptors (Lipinski definition) is 4. The summed E-state index contributed by atoms with van der Waals surface area (Å²) in [6.07, 6.45) is 4.89. The summed E-state index contributed by atoms with van der Waals surface area (Å²) in [6, 6.07) is 3.65. The molecule has 16 heavy (non-hydrogen) atoms. The minimum atomic E-state index is -0.849. The van der Waals surface area contributed by atoms with Gasteiger partial charge in [0.15, 0.2) is 5.82 Å². The number of carboxylic acids is 1. The largest absolute Gasteiger partial charge is 0.481 e. The SMILES string of the molecule is O=C(O)CCn1cnc(-c2cccnc2)n1. The average Bonchev–Trinajstić information content (AvgIpc) is 2.76. The van der Waals surface area contributed by atoms with Gasteiger partial charge in [-0.25, -0.2) is 4.98 Å². The van der Waals surface area contributed by atoms with E-state index in [4.69, 9.17) is 5.11 Å². The number of aromatic nitrogens is 4. The molecule has 6 heteroatoms. The smallest absolute Gasteiger partial charge is 0.305 e. The van der Waals surface area contributed by atoms with Gasteiger partial charge in [-0.3, -0.25) is 14.5 Å². The van der Waals surface area contributed by atoms with Crippen molar-refractivity contribution < 1.29 is 9.90 Å². The molecule has 82 valence electrons. The molecule has 6 nitrogen and oxygen atoms in total. The van der Waals surface area contributed by atoms with E-state index in [0.717, 1.165) is 5.56 Å². The van der Waals surface area contributed by atoms with Crippen molar-refractivity contribution in [2.24, 2.45) is 0 Å². The molecule has 0 radical (unpaired) electrons. The molecule has 0 aliphatic carbocycles. The summed E-state index contributed by atoms with van der Waals surface area (Å²) in [5, 5.41) is 12.7. The van der Waals surface area contributed by atoms with Crippen LogP contribution in [0.2, 0.25) is 0 Å². The maximum Gasteiger partial charge on any atom is 0.305 e. The van der Waals surface area contributed by atoms with Gasteiger partial charge in [0.2, 0.25) is 0 Å². The van der Waals surface area contributed by atoms with Gasteiger partial charge in [-0.05, 0) is 12.1 Å². The van der Waals surface area contributed by atoms with Gasteiger partial charge in [0.1, 0.15) is 6.33 Å². The fourth-order valence-corrected chi connectivity index (χ4v) is 1.24. The number of aryl methyl sites for hydroxylation is 1. The van der Waals surface area contributed by atoms with E-state index >= 15 is 0 Å². The summed E-state index contributed by atoms with van der Waals surface area (Å²) < 4.78 is 1.51. The highest BCUT2D eigenvalue weighted by atomic mass is 16.4. The molecule has 1 N–H and O–H groups in total. The summed E-state index contributed by atoms with van der Waals surface area (Å²) in [7, 11) is 0. The first-order valence-corrected chi connectivity index (χ1v) is 4.77. The number of carboxylic acid groups (broad SMARTS) is 1. The number of aliphatic carboxylic acids is 1. The Morgan fingerprint density at radius 1 is 1.50 bits per heavy atom. The first-order valence-electron chi connectivity index (χ1n) is 4.77. The predicted octanol–water partition coefficient (Wildman–Crippen LogP) is 0.815. The summed E-state index contributed by atoms with van der Waals surface area (Å²) >= 11 is 0. The van der Waals surface area contributed by atoms with E-state index in [1.54, 1.807) is 18.5 Å². The van der Waals surface area contributed by atoms with Crippen molar-refractivity contribution in [1.82, 2.24) is 19.7 Å². The molecular weight excluding hydrogens is 208 g/mol. The standard InChI is InChI=1S/C10H10N4O2/c15-9(16)3-5-14-7-12-10(13-14)8-2-1-4-11-6-8/h1-2,4,6-7H,3,5H2,(H,15,16). The lowest BCUT2D eigenvalue weighted by molar-refractivity contribution is -0.137. The van der Waals surface area contributed by atoms with Crippen LogP contribution in [0, 0.1) is 0 Å². The van der Waals surface area contributed by atoms with E-state index in [0.29, 0.717) is 12.4 Å². The summed E-state index contributed by atoms with van der Waals surface area (Å²) in [5.74, 6) is -0.295. The first-order chi connectivity index (χ1) is 7.75. The molecule has 2 aromatic heterocycles. The monoisotopic (exact) mass is 218 g/mol. The number of pyridine rings is 1. The third kappa shape index (κ3) is 2.41. The quantitative estimate of drug-likeness (QED) is 0.821. The molecule has 0 unspecified atom stereocenters. The second kappa shape index (κ2) is 4.52. The molecule has 0 bridgehead atoms. The molecular formula is C10H10N4O2. The highest BCUT2D eigenvalue weighted by Crippen LogP contribution is 2.11. The molecule has 0 saturated heterocycles. The third-order valence-electron chi connectivity index (χ3n) is 2.01. The summed E-state index contributed by atoms with van der Waals surface area (Å²) in [5.41, 5.74) is 0.816. The Bertz CT molecular complexity index is 481. The average molecular weight is 218 g/mol. The van der Waals surface area contributed by atoms with Crippen LogP contribution in [0.3, 0.4) is 0 Å². The lowest BCUT2D eigenvalue weighted by Gasteiger charge is -1.95. The Morgan fingerprint density at radius 3 is 3.06 bits per heavy atom. The van der Waals surface area contributed by atoms with E-state index in [1.807, 2.05) is 6.07 Å². The van der Waals surface area contributed by atoms with Gasteiger partial charge >= 0.3 is 5.97 Å². The van der Waals surface area contributed by atoms with Gasteiger partial charge in [0.25, 0.3) is 0 Å². The molecule has 0 aliphatic rings. The Labute approximate surface area is 91.6 Å². The summed E-state index contributed by atoms with van der Waals surface area (Å²) in [6.45, 7) is 0.322. The van der Waals surface area contributed by atoms with Crippen molar-refractivity contribution >= 4 is 5.97 Å². The lowest BCUT2D eigenvalue weighted by atomic mass is 10.3. The lowest BCUT2D eigenvalue weighted by Crippen LogP contribution is -2.04. The van der Waals surface area contributed by atoms with Crippen molar-refractivity contribution in [3.63, 3.8) is 0 Å². The van der Waals surface area contributed by atoms with Gasteiger partial charge in [0.05, 0.1) is 13.0 Å². The van der Waals surface area contributed by atoms with Gasteiger partial charge in [0, 0.05) is 18.0 Å². The van der Waals surface area contributed by atoms with E-state index in [1.165, 1.54) is 11.0 Å². The third-order valence-corrected chi connectivity index (χ3v) is 2.01. The fraction of sp³-hybridized carbons (Fsp3) is 0.200. The van der Waals surface area contributed by atoms with E-state index < -0.39 is 5.97 Å². The topological polar surface area (TPSA) is 80.9 Å². The van der Waals surface area contributed by atoms with Crippen molar-refractivity contribution in [2.75, 3.05) is 0 Å². The zero-order valence-corrected chi connectivity index (χ0v) is 8.45. The Kier molecular flexibility index (Phi) is 2.90. The van der Waals surface area contributed by atoms with Gasteiger partial charge in [-0.2, -0.15) is 5.10 Å². The van der Waals surface area contributed by atoms with Gasteiger partial charge in [-0.1, -0.05) is 0 Å². The van der Waals surface area contributed by atoms with Gasteiger partial charge in [-0.15, -0.1) is 0 Å². The van der Waals surface area contributed by atoms with Crippen LogP contribution in [-0.2, 0) is 11.3 Å². The van der Waals surface area contributed by atoms with Crippen LogP contribution in [0.15, 0.2) is 30.9 Å². The van der Waals surface area contributed by atoms with Crippen LogP contribution in [0.1, 0.15) is 6.42 Å². The summed E-state index contributed by atoms with van der Waals surface area (Å²) in [4.78, 5) is 18.4. The van der Waals surface area contributed by atoms with E-state index in [2.05, 4.69) is 15.1 Å². The highest BCUT2D eigenvalue weighted by molar-refractivity contribution is 5.66. The van der Waals surface area contributed by atoms with Crippen LogP contribution in [-0.4, -0.2) is 30.8 Å². The molecule has 0 fully saturated rings. The maximum atomic E-state index is 10.4. The first kappa shape index (κ1) is 10.3. The maximum absolute atomic E-state index is 10.4. The zero-order valence-electron chi connectivity index (χ0n) is 8.45. The highest BCUT2D eigenvalue weighted by Gasteiger charge is 2.04. The predicted molar refractivity (Wildman–Crippen MR) is 55.5 cm³/mol. The van der Waals surface area contributed by atoms with Crippen LogP contribution >= 0.6 is 0 Å². The fourth-order valence-electron chi connectivity index (χ4n) is 1.24. The normalized spacial score (nSPS) is 10.2. The minimum Gasteiger partial charge on any atom is -0.481 e. The molecule has 2 aromatic rings. The number of nitrogens with zero attached hydrogens (tertiary/aromatic N) is 4. The zero-order chi connectivity index (χ0) is 11.4. The van der Waals surface area contributed by atoms with Crippen LogP contribution in [0.5, 0.6) is 0 Å². The Morgan fingerprint density at radius 2 is 2.38 bits per heavy atom. The Hall–Kier alpha value is -2.24. The van der Waals surface area contributed by atoms with Crippen molar-refractivity contribution in [2.45, 2.75) is 13.0 Å². The second-order valence-electron chi connectivity index (χ2n) is 3.22. The molecule has 2 heterocycles. The molecule has 0 aliphatic heterocycles. The molecule has 0 atom stereocenters. The second-order valence-corrected chi connectivity index (χ2v) is 3.22. The molecule has 0 spiro atoms. The molecule has 0 aromatic carbocycles. The Balaban J connectivity index is 2.11. The number of rotatable bonds is 4. The van der Waals surface area contributed by atoms with Crippen LogP contribution in [0.25, 0.3) is 11.4 Å². The van der Waals surface area contributed by atoms with Crippen molar-refractivity contribution in [3.8, 4) is 11.4 Å². The minimum absolute atomic E-state index is 0.0375. The van der Waals surface area contributed by atoms with E-state index in [-0.39, 0.29) is 6.42 Å². The molecule has 0 saturated carbocycles. The van der Waals surface area contributed by atoms with Crippen LogP contribution < -0.4 is 0 Å². The molecule has 2 rings (SSSR count). The van der Waals surface area contributed by atoms with Crippen LogP contribution in [0.4, 0.5) is 0 Å². The van der Waals surface area contributed by atoms with Crippen molar-refractivity contribution in [1.29, 1.82) is 0 Å².